The maximum absolute atomic E-state index is 12.5. The molecule has 1 unspecified atom stereocenters. The third kappa shape index (κ3) is 4.00. The van der Waals surface area contributed by atoms with Crippen LogP contribution in [0.1, 0.15) is 39.2 Å². The van der Waals surface area contributed by atoms with Gasteiger partial charge in [-0.3, -0.25) is 9.69 Å². The highest BCUT2D eigenvalue weighted by atomic mass is 16.6. The Kier molecular flexibility index (Phi) is 4.74. The van der Waals surface area contributed by atoms with Crippen molar-refractivity contribution in [3.05, 3.63) is 29.8 Å². The summed E-state index contributed by atoms with van der Waals surface area (Å²) in [6.07, 6.45) is 1.34. The lowest BCUT2D eigenvalue weighted by molar-refractivity contribution is -0.122. The van der Waals surface area contributed by atoms with E-state index in [1.807, 2.05) is 39.0 Å². The average Bonchev–Trinajstić information content (AvgIpc) is 2.89. The van der Waals surface area contributed by atoms with Gasteiger partial charge < -0.3 is 10.5 Å². The second kappa shape index (κ2) is 6.38. The number of amides is 1. The van der Waals surface area contributed by atoms with E-state index in [-0.39, 0.29) is 12.2 Å². The molecule has 1 heterocycles. The summed E-state index contributed by atoms with van der Waals surface area (Å²) in [5.74, 6) is 0.0151. The van der Waals surface area contributed by atoms with Crippen LogP contribution in [-0.4, -0.2) is 35.0 Å². The number of hydrogen-bond acceptors (Lipinski definition) is 4. The molecular weight excluding hydrogens is 280 g/mol. The number of hydrogen-bond donors (Lipinski definition) is 1. The number of ether oxygens (including phenoxy) is 1. The normalized spacial score (nSPS) is 18.3. The molecule has 1 aromatic rings. The van der Waals surface area contributed by atoms with E-state index in [1.165, 1.54) is 0 Å². The summed E-state index contributed by atoms with van der Waals surface area (Å²) < 4.78 is 5.39. The molecule has 0 saturated carbocycles. The van der Waals surface area contributed by atoms with Gasteiger partial charge in [0.15, 0.2) is 5.78 Å². The van der Waals surface area contributed by atoms with Crippen molar-refractivity contribution in [2.24, 2.45) is 0 Å². The molecule has 0 bridgehead atoms. The van der Waals surface area contributed by atoms with Crippen molar-refractivity contribution in [3.8, 4) is 0 Å². The summed E-state index contributed by atoms with van der Waals surface area (Å²) in [4.78, 5) is 26.3. The van der Waals surface area contributed by atoms with Gasteiger partial charge in [0.05, 0.1) is 6.04 Å². The Labute approximate surface area is 131 Å². The van der Waals surface area contributed by atoms with E-state index < -0.39 is 17.7 Å². The summed E-state index contributed by atoms with van der Waals surface area (Å²) >= 11 is 0. The standard InChI is InChI=1S/C17H24N2O3/c1-17(2,3)22-16(21)19-10-6-9-14(19)15(20)11-12-7-4-5-8-13(12)18/h4-5,7-8,14H,6,9-11,18H2,1-3H3. The second-order valence-electron chi connectivity index (χ2n) is 6.67. The molecule has 1 aromatic carbocycles. The minimum absolute atomic E-state index is 0.0151. The Balaban J connectivity index is 2.05. The van der Waals surface area contributed by atoms with Crippen LogP contribution in [0.25, 0.3) is 0 Å². The van der Waals surface area contributed by atoms with Crippen molar-refractivity contribution < 1.29 is 14.3 Å². The van der Waals surface area contributed by atoms with E-state index in [1.54, 1.807) is 11.0 Å². The van der Waals surface area contributed by atoms with Gasteiger partial charge in [0, 0.05) is 18.7 Å². The zero-order chi connectivity index (χ0) is 16.3. The van der Waals surface area contributed by atoms with Gasteiger partial charge >= 0.3 is 6.09 Å². The average molecular weight is 304 g/mol. The Morgan fingerprint density at radius 2 is 2.00 bits per heavy atom. The molecule has 22 heavy (non-hydrogen) atoms. The maximum atomic E-state index is 12.5. The van der Waals surface area contributed by atoms with Gasteiger partial charge in [-0.2, -0.15) is 0 Å². The first kappa shape index (κ1) is 16.3. The predicted molar refractivity (Wildman–Crippen MR) is 85.5 cm³/mol. The van der Waals surface area contributed by atoms with Crippen molar-refractivity contribution >= 4 is 17.6 Å². The number of carbonyl (C=O) groups is 2. The quantitative estimate of drug-likeness (QED) is 0.872. The number of anilines is 1. The van der Waals surface area contributed by atoms with Gasteiger partial charge in [-0.15, -0.1) is 0 Å². The molecule has 5 nitrogen and oxygen atoms in total. The Morgan fingerprint density at radius 1 is 1.32 bits per heavy atom. The van der Waals surface area contributed by atoms with Crippen LogP contribution >= 0.6 is 0 Å². The summed E-state index contributed by atoms with van der Waals surface area (Å²) in [6.45, 7) is 6.03. The van der Waals surface area contributed by atoms with Crippen LogP contribution in [0.4, 0.5) is 10.5 Å². The zero-order valence-electron chi connectivity index (χ0n) is 13.5. The first-order valence-electron chi connectivity index (χ1n) is 7.63. The number of nitrogens with two attached hydrogens (primary N) is 1. The highest BCUT2D eigenvalue weighted by Crippen LogP contribution is 2.23. The Bertz CT molecular complexity index is 563. The molecule has 0 radical (unpaired) electrons. The topological polar surface area (TPSA) is 72.6 Å². The first-order chi connectivity index (χ1) is 10.3. The third-order valence-corrected chi connectivity index (χ3v) is 3.67. The minimum atomic E-state index is -0.558. The second-order valence-corrected chi connectivity index (χ2v) is 6.67. The van der Waals surface area contributed by atoms with Crippen molar-refractivity contribution in [3.63, 3.8) is 0 Å². The van der Waals surface area contributed by atoms with Crippen LogP contribution in [-0.2, 0) is 16.0 Å². The SMILES string of the molecule is CC(C)(C)OC(=O)N1CCCC1C(=O)Cc1ccccc1N. The molecule has 0 spiro atoms. The fraction of sp³-hybridized carbons (Fsp3) is 0.529. The number of benzene rings is 1. The molecule has 1 aliphatic heterocycles. The van der Waals surface area contributed by atoms with E-state index in [4.69, 9.17) is 10.5 Å². The molecule has 0 aliphatic carbocycles. The smallest absolute Gasteiger partial charge is 0.410 e. The number of carbonyl (C=O) groups excluding carboxylic acids is 2. The van der Waals surface area contributed by atoms with Gasteiger partial charge in [0.2, 0.25) is 0 Å². The van der Waals surface area contributed by atoms with Crippen molar-refractivity contribution in [1.82, 2.24) is 4.90 Å². The number of nitrogen functional groups attached to an aromatic ring is 1. The summed E-state index contributed by atoms with van der Waals surface area (Å²) in [5, 5.41) is 0. The molecule has 5 heteroatoms. The van der Waals surface area contributed by atoms with Crippen LogP contribution in [0.15, 0.2) is 24.3 Å². The zero-order valence-corrected chi connectivity index (χ0v) is 13.5. The molecule has 2 rings (SSSR count). The molecule has 1 amide bonds. The van der Waals surface area contributed by atoms with Crippen LogP contribution in [0.2, 0.25) is 0 Å². The van der Waals surface area contributed by atoms with Gasteiger partial charge in [-0.1, -0.05) is 18.2 Å². The molecule has 120 valence electrons. The van der Waals surface area contributed by atoms with Gasteiger partial charge in [-0.05, 0) is 45.2 Å². The molecule has 1 atom stereocenters. The number of Topliss-reactive ketones (excluding diaryl/α,β-unsaturated/α-hetero) is 1. The van der Waals surface area contributed by atoms with E-state index in [9.17, 15) is 9.59 Å². The highest BCUT2D eigenvalue weighted by Gasteiger charge is 2.36. The highest BCUT2D eigenvalue weighted by molar-refractivity contribution is 5.90. The van der Waals surface area contributed by atoms with Crippen molar-refractivity contribution in [1.29, 1.82) is 0 Å². The van der Waals surface area contributed by atoms with Gasteiger partial charge in [0.25, 0.3) is 0 Å². The Hall–Kier alpha value is -2.04. The van der Waals surface area contributed by atoms with Crippen LogP contribution in [0.5, 0.6) is 0 Å². The van der Waals surface area contributed by atoms with Crippen molar-refractivity contribution in [2.75, 3.05) is 12.3 Å². The van der Waals surface area contributed by atoms with Crippen LogP contribution in [0, 0.1) is 0 Å². The van der Waals surface area contributed by atoms with Gasteiger partial charge in [-0.25, -0.2) is 4.79 Å². The lowest BCUT2D eigenvalue weighted by Crippen LogP contribution is -2.43. The van der Waals surface area contributed by atoms with E-state index in [0.29, 0.717) is 18.7 Å². The third-order valence-electron chi connectivity index (χ3n) is 3.67. The maximum Gasteiger partial charge on any atom is 0.410 e. The lowest BCUT2D eigenvalue weighted by atomic mass is 10.0. The molecule has 0 aromatic heterocycles. The van der Waals surface area contributed by atoms with E-state index in [0.717, 1.165) is 12.0 Å². The van der Waals surface area contributed by atoms with Crippen LogP contribution in [0.3, 0.4) is 0 Å². The predicted octanol–water partition coefficient (Wildman–Crippen LogP) is 2.78. The van der Waals surface area contributed by atoms with Crippen molar-refractivity contribution in [2.45, 2.75) is 51.7 Å². The number of likely N-dealkylation sites (tertiary alicyclic amines) is 1. The molecule has 1 saturated heterocycles. The van der Waals surface area contributed by atoms with Gasteiger partial charge in [0.1, 0.15) is 5.60 Å². The number of para-hydroxylation sites is 1. The number of nitrogens with zero attached hydrogens (tertiary/aromatic N) is 1. The number of rotatable bonds is 3. The molecule has 1 fully saturated rings. The fourth-order valence-electron chi connectivity index (χ4n) is 2.64. The van der Waals surface area contributed by atoms with E-state index in [2.05, 4.69) is 0 Å². The number of ketones is 1. The van der Waals surface area contributed by atoms with Crippen LogP contribution < -0.4 is 5.73 Å². The summed E-state index contributed by atoms with van der Waals surface area (Å²) in [6, 6.07) is 6.92. The lowest BCUT2D eigenvalue weighted by Gasteiger charge is -2.28. The summed E-state index contributed by atoms with van der Waals surface area (Å²) in [5.41, 5.74) is 6.75. The monoisotopic (exact) mass is 304 g/mol. The largest absolute Gasteiger partial charge is 0.444 e. The molecule has 2 N–H and O–H groups in total. The van der Waals surface area contributed by atoms with E-state index >= 15 is 0 Å². The molecular formula is C17H24N2O3. The molecule has 1 aliphatic rings. The Morgan fingerprint density at radius 3 is 2.64 bits per heavy atom. The summed E-state index contributed by atoms with van der Waals surface area (Å²) in [7, 11) is 0. The fourth-order valence-corrected chi connectivity index (χ4v) is 2.64. The first-order valence-corrected chi connectivity index (χ1v) is 7.63. The minimum Gasteiger partial charge on any atom is -0.444 e.